The van der Waals surface area contributed by atoms with Gasteiger partial charge in [0.15, 0.2) is 8.32 Å². The van der Waals surface area contributed by atoms with Gasteiger partial charge in [-0.1, -0.05) is 80.7 Å². The molecule has 0 bridgehead atoms. The molecule has 1 aromatic heterocycles. The molecule has 1 aliphatic carbocycles. The van der Waals surface area contributed by atoms with E-state index in [1.807, 2.05) is 46.9 Å². The van der Waals surface area contributed by atoms with Crippen LogP contribution < -0.4 is 0 Å². The number of carboxylic acids is 1. The molecule has 1 aromatic carbocycles. The Morgan fingerprint density at radius 2 is 1.75 bits per heavy atom. The van der Waals surface area contributed by atoms with Gasteiger partial charge in [0, 0.05) is 18.4 Å². The summed E-state index contributed by atoms with van der Waals surface area (Å²) in [5, 5.41) is 20.5. The number of carboxylic acid groups (broad SMARTS) is 1. The quantitative estimate of drug-likeness (QED) is 0.181. The molecule has 0 aliphatic heterocycles. The van der Waals surface area contributed by atoms with E-state index in [1.165, 1.54) is 6.42 Å². The lowest BCUT2D eigenvalue weighted by atomic mass is 9.70. The predicted molar refractivity (Wildman–Crippen MR) is 181 cm³/mol. The standard InChI is InChI=1S/C36H60N2O5Si/c1-22(23(2)24(3)34(42)36(8,9)32(21-33(40)41)43-44(11,12)35(5,6)7)14-13-15-26-18-28(26)20-31(39)27-16-17-30-29(19-27)37-25(4)38(30)10/h16-17,19,22-24,26,28,31-32,39H,13-15,18,20-21H2,1-12H3,(H,40,41)/t22?,23-,24?,26-,28-,31?,32-/m0/s1. The predicted octanol–water partition coefficient (Wildman–Crippen LogP) is 8.48. The van der Waals surface area contributed by atoms with Crippen LogP contribution in [-0.2, 0) is 21.1 Å². The fourth-order valence-corrected chi connectivity index (χ4v) is 7.94. The molecule has 1 saturated carbocycles. The van der Waals surface area contributed by atoms with Crippen molar-refractivity contribution in [2.45, 2.75) is 131 Å². The third-order valence-electron chi connectivity index (χ3n) is 11.5. The van der Waals surface area contributed by atoms with Crippen LogP contribution in [0.1, 0.15) is 111 Å². The number of carbonyl (C=O) groups is 2. The van der Waals surface area contributed by atoms with Crippen molar-refractivity contribution in [2.75, 3.05) is 0 Å². The zero-order chi connectivity index (χ0) is 33.4. The lowest BCUT2D eigenvalue weighted by Crippen LogP contribution is -2.52. The number of ketones is 1. The number of aryl methyl sites for hydroxylation is 2. The molecule has 0 spiro atoms. The van der Waals surface area contributed by atoms with Gasteiger partial charge in [0.05, 0.1) is 29.7 Å². The number of fused-ring (bicyclic) bond motifs is 1. The van der Waals surface area contributed by atoms with Crippen molar-refractivity contribution >= 4 is 31.1 Å². The number of hydrogen-bond donors (Lipinski definition) is 2. The summed E-state index contributed by atoms with van der Waals surface area (Å²) in [4.78, 5) is 30.4. The Kier molecular flexibility index (Phi) is 11.4. The molecule has 7 nitrogen and oxygen atoms in total. The minimum atomic E-state index is -2.28. The Balaban J connectivity index is 1.50. The number of aromatic nitrogens is 2. The summed E-state index contributed by atoms with van der Waals surface area (Å²) in [5.74, 6) is 1.72. The molecule has 0 saturated heterocycles. The van der Waals surface area contributed by atoms with Crippen molar-refractivity contribution in [3.05, 3.63) is 29.6 Å². The van der Waals surface area contributed by atoms with E-state index in [9.17, 15) is 19.8 Å². The van der Waals surface area contributed by atoms with Crippen LogP contribution in [0.5, 0.6) is 0 Å². The van der Waals surface area contributed by atoms with Crippen LogP contribution in [0.25, 0.3) is 11.0 Å². The van der Waals surface area contributed by atoms with Gasteiger partial charge in [-0.05, 0) is 79.3 Å². The van der Waals surface area contributed by atoms with Gasteiger partial charge in [-0.3, -0.25) is 9.59 Å². The Labute approximate surface area is 267 Å². The highest BCUT2D eigenvalue weighted by atomic mass is 28.4. The largest absolute Gasteiger partial charge is 0.481 e. The molecule has 1 heterocycles. The van der Waals surface area contributed by atoms with Gasteiger partial charge in [-0.25, -0.2) is 4.98 Å². The van der Waals surface area contributed by atoms with Crippen LogP contribution in [0.4, 0.5) is 0 Å². The molecular weight excluding hydrogens is 568 g/mol. The molecule has 2 N–H and O–H groups in total. The van der Waals surface area contributed by atoms with Gasteiger partial charge >= 0.3 is 5.97 Å². The Morgan fingerprint density at radius 3 is 2.34 bits per heavy atom. The van der Waals surface area contributed by atoms with Gasteiger partial charge in [-0.2, -0.15) is 0 Å². The highest BCUT2D eigenvalue weighted by Crippen LogP contribution is 2.48. The zero-order valence-electron chi connectivity index (χ0n) is 29.5. The number of rotatable bonds is 16. The highest BCUT2D eigenvalue weighted by Gasteiger charge is 2.47. The Hall–Kier alpha value is -2.03. The Bertz CT molecular complexity index is 1310. The van der Waals surface area contributed by atoms with Crippen molar-refractivity contribution in [3.63, 3.8) is 0 Å². The number of Topliss-reactive ketones (excluding diaryl/α,β-unsaturated/α-hetero) is 1. The molecule has 3 unspecified atom stereocenters. The van der Waals surface area contributed by atoms with E-state index in [4.69, 9.17) is 4.43 Å². The monoisotopic (exact) mass is 628 g/mol. The first kappa shape index (κ1) is 36.4. The summed E-state index contributed by atoms with van der Waals surface area (Å²) in [5.41, 5.74) is 2.08. The molecule has 2 aromatic rings. The molecule has 248 valence electrons. The van der Waals surface area contributed by atoms with Crippen LogP contribution in [0.3, 0.4) is 0 Å². The second-order valence-electron chi connectivity index (χ2n) is 16.1. The minimum absolute atomic E-state index is 0.0813. The van der Waals surface area contributed by atoms with Gasteiger partial charge in [0.1, 0.15) is 11.6 Å². The van der Waals surface area contributed by atoms with Gasteiger partial charge in [0.25, 0.3) is 0 Å². The zero-order valence-corrected chi connectivity index (χ0v) is 30.5. The summed E-state index contributed by atoms with van der Waals surface area (Å²) in [6, 6.07) is 6.11. The molecule has 7 atom stereocenters. The maximum absolute atomic E-state index is 13.9. The lowest BCUT2D eigenvalue weighted by Gasteiger charge is -2.44. The number of aliphatic carboxylic acids is 1. The second-order valence-corrected chi connectivity index (χ2v) is 20.8. The second kappa shape index (κ2) is 13.8. The van der Waals surface area contributed by atoms with Gasteiger partial charge < -0.3 is 19.2 Å². The molecule has 3 rings (SSSR count). The van der Waals surface area contributed by atoms with Crippen LogP contribution in [0, 0.1) is 41.9 Å². The van der Waals surface area contributed by atoms with Crippen LogP contribution in [-0.4, -0.2) is 45.9 Å². The molecule has 8 heteroatoms. The molecule has 1 fully saturated rings. The molecular formula is C36H60N2O5Si. The van der Waals surface area contributed by atoms with Crippen molar-refractivity contribution in [1.82, 2.24) is 9.55 Å². The van der Waals surface area contributed by atoms with E-state index in [1.54, 1.807) is 0 Å². The first-order chi connectivity index (χ1) is 20.2. The summed E-state index contributed by atoms with van der Waals surface area (Å²) >= 11 is 0. The number of imidazole rings is 1. The topological polar surface area (TPSA) is 102 Å². The van der Waals surface area contributed by atoms with Crippen LogP contribution >= 0.6 is 0 Å². The highest BCUT2D eigenvalue weighted by molar-refractivity contribution is 6.74. The number of hydrogen-bond acceptors (Lipinski definition) is 5. The maximum Gasteiger partial charge on any atom is 0.305 e. The van der Waals surface area contributed by atoms with Crippen LogP contribution in [0.15, 0.2) is 18.2 Å². The SMILES string of the molecule is Cc1nc2cc(C(O)C[C@@H]3C[C@@H]3CCCC(C)[C@H](C)C(C)C(=O)C(C)(C)[C@H](CC(=O)O)O[Si](C)(C)C(C)(C)C)ccc2n1C. The van der Waals surface area contributed by atoms with Gasteiger partial charge in [0.2, 0.25) is 0 Å². The fraction of sp³-hybridized carbons (Fsp3) is 0.750. The molecule has 44 heavy (non-hydrogen) atoms. The summed E-state index contributed by atoms with van der Waals surface area (Å²) in [7, 11) is -0.265. The van der Waals surface area contributed by atoms with Crippen molar-refractivity contribution in [1.29, 1.82) is 0 Å². The summed E-state index contributed by atoms with van der Waals surface area (Å²) in [6.07, 6.45) is 4.00. The fourth-order valence-electron chi connectivity index (χ4n) is 6.50. The third kappa shape index (κ3) is 8.41. The lowest BCUT2D eigenvalue weighted by molar-refractivity contribution is -0.145. The number of aliphatic hydroxyl groups is 1. The van der Waals surface area contributed by atoms with E-state index < -0.39 is 31.9 Å². The molecule has 1 aliphatic rings. The first-order valence-electron chi connectivity index (χ1n) is 16.7. The first-order valence-corrected chi connectivity index (χ1v) is 19.6. The normalized spacial score (nSPS) is 21.1. The van der Waals surface area contributed by atoms with Crippen LogP contribution in [0.2, 0.25) is 18.1 Å². The van der Waals surface area contributed by atoms with E-state index in [0.717, 1.165) is 48.1 Å². The minimum Gasteiger partial charge on any atom is -0.481 e. The van der Waals surface area contributed by atoms with E-state index in [-0.39, 0.29) is 29.1 Å². The number of nitrogens with zero attached hydrogens (tertiary/aromatic N) is 2. The number of benzene rings is 1. The maximum atomic E-state index is 13.9. The van der Waals surface area contributed by atoms with Gasteiger partial charge in [-0.15, -0.1) is 0 Å². The molecule has 0 amide bonds. The van der Waals surface area contributed by atoms with E-state index in [2.05, 4.69) is 63.3 Å². The van der Waals surface area contributed by atoms with Crippen molar-refractivity contribution in [2.24, 2.45) is 42.1 Å². The van der Waals surface area contributed by atoms with Crippen molar-refractivity contribution < 1.29 is 24.2 Å². The van der Waals surface area contributed by atoms with E-state index >= 15 is 0 Å². The van der Waals surface area contributed by atoms with E-state index in [0.29, 0.717) is 17.8 Å². The summed E-state index contributed by atoms with van der Waals surface area (Å²) < 4.78 is 8.67. The van der Waals surface area contributed by atoms with Crippen molar-refractivity contribution in [3.8, 4) is 0 Å². The third-order valence-corrected chi connectivity index (χ3v) is 16.0. The smallest absolute Gasteiger partial charge is 0.305 e. The Morgan fingerprint density at radius 1 is 1.11 bits per heavy atom. The number of aliphatic hydroxyl groups excluding tert-OH is 1. The molecule has 0 radical (unpaired) electrons. The summed E-state index contributed by atoms with van der Waals surface area (Å²) in [6.45, 7) is 22.8. The number of carbonyl (C=O) groups excluding carboxylic acids is 1. The average molecular weight is 629 g/mol. The average Bonchev–Trinajstić information content (AvgIpc) is 3.59.